The van der Waals surface area contributed by atoms with E-state index in [4.69, 9.17) is 4.74 Å². The standard InChI is InChI=1S/C17H24N4O9S/c1-17(2,3)29-16(24)18-10-9-14(22)19-11-13(21(25)26)15(23)30-20-31(27,28)12-7-5-4-6-8-12/h4-8,13,20H,9-11H2,1-3H3,(H,18,24)(H,19,22)/t13-/m0/s1. The van der Waals surface area contributed by atoms with Crippen molar-refractivity contribution >= 4 is 28.0 Å². The lowest BCUT2D eigenvalue weighted by Gasteiger charge is -2.19. The van der Waals surface area contributed by atoms with Crippen molar-refractivity contribution in [3.8, 4) is 0 Å². The molecule has 14 heteroatoms. The molecule has 0 aromatic heterocycles. The maximum absolute atomic E-state index is 12.0. The first-order valence-corrected chi connectivity index (χ1v) is 10.4. The van der Waals surface area contributed by atoms with Crippen molar-refractivity contribution in [2.24, 2.45) is 0 Å². The number of hydrogen-bond donors (Lipinski definition) is 3. The van der Waals surface area contributed by atoms with Gasteiger partial charge in [0.1, 0.15) is 5.60 Å². The number of nitrogens with one attached hydrogen (secondary N) is 3. The van der Waals surface area contributed by atoms with Gasteiger partial charge in [0.25, 0.3) is 10.0 Å². The van der Waals surface area contributed by atoms with Crippen LogP contribution in [0, 0.1) is 10.1 Å². The molecule has 172 valence electrons. The Morgan fingerprint density at radius 1 is 1.13 bits per heavy atom. The number of amides is 2. The molecule has 0 aliphatic carbocycles. The van der Waals surface area contributed by atoms with Crippen molar-refractivity contribution in [1.82, 2.24) is 15.5 Å². The summed E-state index contributed by atoms with van der Waals surface area (Å²) in [6, 6.07) is 4.84. The van der Waals surface area contributed by atoms with Crippen LogP contribution in [0.1, 0.15) is 27.2 Å². The van der Waals surface area contributed by atoms with E-state index in [-0.39, 0.29) is 17.9 Å². The maximum Gasteiger partial charge on any atom is 0.407 e. The van der Waals surface area contributed by atoms with Crippen LogP contribution >= 0.6 is 0 Å². The van der Waals surface area contributed by atoms with Gasteiger partial charge < -0.3 is 20.2 Å². The minimum Gasteiger partial charge on any atom is -0.444 e. The van der Waals surface area contributed by atoms with Gasteiger partial charge in [-0.3, -0.25) is 14.9 Å². The van der Waals surface area contributed by atoms with Crippen LogP contribution in [0.2, 0.25) is 0 Å². The summed E-state index contributed by atoms with van der Waals surface area (Å²) < 4.78 is 28.9. The van der Waals surface area contributed by atoms with Gasteiger partial charge in [0.05, 0.1) is 11.4 Å². The second-order valence-electron chi connectivity index (χ2n) is 7.10. The van der Waals surface area contributed by atoms with Crippen LogP contribution in [0.3, 0.4) is 0 Å². The summed E-state index contributed by atoms with van der Waals surface area (Å²) >= 11 is 0. The molecule has 31 heavy (non-hydrogen) atoms. The Labute approximate surface area is 178 Å². The third-order valence-electron chi connectivity index (χ3n) is 3.34. The first kappa shape index (κ1) is 25.8. The Hall–Kier alpha value is -3.26. The molecule has 13 nitrogen and oxygen atoms in total. The fourth-order valence-electron chi connectivity index (χ4n) is 1.95. The highest BCUT2D eigenvalue weighted by molar-refractivity contribution is 7.89. The molecule has 0 unspecified atom stereocenters. The van der Waals surface area contributed by atoms with Gasteiger partial charge in [-0.2, -0.15) is 0 Å². The van der Waals surface area contributed by atoms with Crippen molar-refractivity contribution in [1.29, 1.82) is 0 Å². The first-order valence-electron chi connectivity index (χ1n) is 8.96. The average molecular weight is 460 g/mol. The second kappa shape index (κ2) is 11.2. The van der Waals surface area contributed by atoms with E-state index in [0.29, 0.717) is 0 Å². The van der Waals surface area contributed by atoms with Crippen LogP contribution in [-0.4, -0.2) is 56.0 Å². The first-order chi connectivity index (χ1) is 14.3. The summed E-state index contributed by atoms with van der Waals surface area (Å²) in [5.74, 6) is -2.21. The van der Waals surface area contributed by atoms with Gasteiger partial charge in [-0.25, -0.2) is 18.0 Å². The molecule has 1 atom stereocenters. The van der Waals surface area contributed by atoms with Gasteiger partial charge in [0.2, 0.25) is 5.91 Å². The summed E-state index contributed by atoms with van der Waals surface area (Å²) in [5, 5.41) is 15.6. The lowest BCUT2D eigenvalue weighted by Crippen LogP contribution is -2.45. The van der Waals surface area contributed by atoms with Gasteiger partial charge in [0.15, 0.2) is 0 Å². The summed E-state index contributed by atoms with van der Waals surface area (Å²) in [6.07, 6.45) is -0.975. The maximum atomic E-state index is 12.0. The molecule has 0 aliphatic heterocycles. The number of carbonyl (C=O) groups excluding carboxylic acids is 3. The molecule has 0 fully saturated rings. The van der Waals surface area contributed by atoms with Crippen LogP contribution in [0.15, 0.2) is 35.2 Å². The Morgan fingerprint density at radius 2 is 1.74 bits per heavy atom. The van der Waals surface area contributed by atoms with Crippen molar-refractivity contribution in [3.63, 3.8) is 0 Å². The summed E-state index contributed by atoms with van der Waals surface area (Å²) in [4.78, 5) is 50.8. The highest BCUT2D eigenvalue weighted by atomic mass is 32.2. The molecule has 0 bridgehead atoms. The summed E-state index contributed by atoms with van der Waals surface area (Å²) in [6.45, 7) is 4.14. The van der Waals surface area contributed by atoms with Gasteiger partial charge in [0, 0.05) is 17.9 Å². The molecule has 0 spiro atoms. The third kappa shape index (κ3) is 9.86. The van der Waals surface area contributed by atoms with Gasteiger partial charge in [-0.1, -0.05) is 18.2 Å². The van der Waals surface area contributed by atoms with E-state index in [9.17, 15) is 32.9 Å². The predicted molar refractivity (Wildman–Crippen MR) is 106 cm³/mol. The molecule has 0 radical (unpaired) electrons. The molecular weight excluding hydrogens is 436 g/mol. The number of ether oxygens (including phenoxy) is 1. The summed E-state index contributed by atoms with van der Waals surface area (Å²) in [5.41, 5.74) is -0.715. The Morgan fingerprint density at radius 3 is 2.29 bits per heavy atom. The number of sulfonamides is 1. The Bertz CT molecular complexity index is 898. The van der Waals surface area contributed by atoms with Crippen LogP contribution < -0.4 is 15.5 Å². The molecule has 0 saturated carbocycles. The molecule has 0 aliphatic rings. The molecule has 1 rings (SSSR count). The zero-order valence-corrected chi connectivity index (χ0v) is 17.9. The Balaban J connectivity index is 2.49. The predicted octanol–water partition coefficient (Wildman–Crippen LogP) is 0.0994. The molecule has 0 saturated heterocycles. The topological polar surface area (TPSA) is 183 Å². The van der Waals surface area contributed by atoms with Gasteiger partial charge in [-0.05, 0) is 37.8 Å². The number of nitro groups is 1. The van der Waals surface area contributed by atoms with Crippen molar-refractivity contribution in [2.45, 2.75) is 43.7 Å². The fraction of sp³-hybridized carbons (Fsp3) is 0.471. The minimum atomic E-state index is -4.23. The zero-order chi connectivity index (χ0) is 23.7. The number of nitrogens with zero attached hydrogens (tertiary/aromatic N) is 1. The van der Waals surface area contributed by atoms with Gasteiger partial charge >= 0.3 is 18.1 Å². The quantitative estimate of drug-likeness (QED) is 0.322. The van der Waals surface area contributed by atoms with Crippen LogP contribution in [0.5, 0.6) is 0 Å². The van der Waals surface area contributed by atoms with E-state index in [1.54, 1.807) is 26.8 Å². The van der Waals surface area contributed by atoms with Crippen LogP contribution in [-0.2, 0) is 29.2 Å². The zero-order valence-electron chi connectivity index (χ0n) is 17.1. The lowest BCUT2D eigenvalue weighted by molar-refractivity contribution is -0.508. The van der Waals surface area contributed by atoms with Crippen LogP contribution in [0.25, 0.3) is 0 Å². The average Bonchev–Trinajstić information content (AvgIpc) is 2.65. The monoisotopic (exact) mass is 460 g/mol. The lowest BCUT2D eigenvalue weighted by atomic mass is 10.2. The second-order valence-corrected chi connectivity index (χ2v) is 8.75. The SMILES string of the molecule is CC(C)(C)OC(=O)NCCC(=O)NC[C@@H](C(=O)ONS(=O)(=O)c1ccccc1)[N+](=O)[O-]. The van der Waals surface area contributed by atoms with Crippen molar-refractivity contribution in [3.05, 3.63) is 40.4 Å². The molecular formula is C17H24N4O9S. The highest BCUT2D eigenvalue weighted by Gasteiger charge is 2.33. The normalized spacial score (nSPS) is 12.4. The molecule has 0 heterocycles. The van der Waals surface area contributed by atoms with Crippen molar-refractivity contribution < 1.29 is 37.3 Å². The van der Waals surface area contributed by atoms with E-state index in [0.717, 1.165) is 0 Å². The number of carbonyl (C=O) groups is 3. The van der Waals surface area contributed by atoms with E-state index >= 15 is 0 Å². The molecule has 1 aromatic rings. The smallest absolute Gasteiger partial charge is 0.407 e. The van der Waals surface area contributed by atoms with Crippen molar-refractivity contribution in [2.75, 3.05) is 13.1 Å². The molecule has 2 amide bonds. The van der Waals surface area contributed by atoms with Gasteiger partial charge in [-0.15, -0.1) is 0 Å². The summed E-state index contributed by atoms with van der Waals surface area (Å²) in [7, 11) is -4.23. The number of hydrogen-bond acceptors (Lipinski definition) is 9. The van der Waals surface area contributed by atoms with E-state index in [2.05, 4.69) is 15.5 Å². The molecule has 1 aromatic carbocycles. The van der Waals surface area contributed by atoms with E-state index in [1.807, 2.05) is 0 Å². The third-order valence-corrected chi connectivity index (χ3v) is 4.54. The Kier molecular flexibility index (Phi) is 9.33. The number of rotatable bonds is 10. The van der Waals surface area contributed by atoms with E-state index in [1.165, 1.54) is 29.2 Å². The minimum absolute atomic E-state index is 0.106. The largest absolute Gasteiger partial charge is 0.444 e. The highest BCUT2D eigenvalue weighted by Crippen LogP contribution is 2.07. The van der Waals surface area contributed by atoms with E-state index < -0.39 is 51.1 Å². The van der Waals surface area contributed by atoms with Crippen LogP contribution in [0.4, 0.5) is 4.79 Å². The fourth-order valence-corrected chi connectivity index (χ4v) is 2.75. The number of alkyl carbamates (subject to hydrolysis) is 1. The molecule has 3 N–H and O–H groups in total. The number of benzene rings is 1.